The highest BCUT2D eigenvalue weighted by atomic mass is 16.5. The van der Waals surface area contributed by atoms with Crippen LogP contribution in [0.15, 0.2) is 85.1 Å². The number of allylic oxidation sites excluding steroid dienone is 2. The van der Waals surface area contributed by atoms with Crippen molar-refractivity contribution in [2.24, 2.45) is 0 Å². The second-order valence-electron chi connectivity index (χ2n) is 10.3. The molecule has 2 atom stereocenters. The molecule has 0 radical (unpaired) electrons. The Hall–Kier alpha value is -4.23. The lowest BCUT2D eigenvalue weighted by Gasteiger charge is -2.44. The van der Waals surface area contributed by atoms with Gasteiger partial charge in [0, 0.05) is 72.9 Å². The first-order chi connectivity index (χ1) is 19.6. The van der Waals surface area contributed by atoms with Gasteiger partial charge in [0.25, 0.3) is 5.91 Å². The highest BCUT2D eigenvalue weighted by Crippen LogP contribution is 2.58. The second kappa shape index (κ2) is 10.7. The third-order valence-corrected chi connectivity index (χ3v) is 8.14. The van der Waals surface area contributed by atoms with Crippen LogP contribution in [0.25, 0.3) is 0 Å². The van der Waals surface area contributed by atoms with Gasteiger partial charge in [-0.25, -0.2) is 0 Å². The molecule has 3 aromatic rings. The molecule has 3 aliphatic heterocycles. The Kier molecular flexibility index (Phi) is 6.98. The highest BCUT2D eigenvalue weighted by molar-refractivity contribution is 6.02. The fraction of sp³-hybridized carbons (Fsp3) is 0.303. The average Bonchev–Trinajstić information content (AvgIpc) is 3.22. The Morgan fingerprint density at radius 1 is 0.950 bits per heavy atom. The van der Waals surface area contributed by atoms with Crippen molar-refractivity contribution in [3.05, 3.63) is 107 Å². The van der Waals surface area contributed by atoms with Gasteiger partial charge >= 0.3 is 0 Å². The van der Waals surface area contributed by atoms with E-state index in [-0.39, 0.29) is 12.1 Å². The van der Waals surface area contributed by atoms with E-state index in [0.29, 0.717) is 13.1 Å². The topological polar surface area (TPSA) is 68.9 Å². The maximum Gasteiger partial charge on any atom is 0.255 e. The summed E-state index contributed by atoms with van der Waals surface area (Å²) in [5.74, 6) is 1.59. The molecule has 40 heavy (non-hydrogen) atoms. The molecule has 1 amide bonds. The van der Waals surface area contributed by atoms with Crippen molar-refractivity contribution >= 4 is 17.3 Å². The zero-order valence-corrected chi connectivity index (χ0v) is 23.4. The van der Waals surface area contributed by atoms with Gasteiger partial charge in [-0.2, -0.15) is 0 Å². The summed E-state index contributed by atoms with van der Waals surface area (Å²) >= 11 is 0. The van der Waals surface area contributed by atoms with E-state index in [1.807, 2.05) is 41.5 Å². The van der Waals surface area contributed by atoms with E-state index in [4.69, 9.17) is 4.74 Å². The van der Waals surface area contributed by atoms with E-state index in [9.17, 15) is 4.79 Å². The van der Waals surface area contributed by atoms with E-state index in [0.717, 1.165) is 64.8 Å². The maximum absolute atomic E-state index is 14.2. The molecule has 0 fully saturated rings. The van der Waals surface area contributed by atoms with Crippen LogP contribution in [-0.4, -0.2) is 49.7 Å². The molecule has 6 rings (SSSR count). The fourth-order valence-corrected chi connectivity index (χ4v) is 6.35. The molecule has 7 heteroatoms. The van der Waals surface area contributed by atoms with Crippen LogP contribution in [0.3, 0.4) is 0 Å². The SMILES string of the molecule is CCNc1ccc2c(c1)Oc1cc(N(CC)CC)ccc1C21c2ccccc2C(=O)N1CCNC1C=CC=CN1. The Balaban J connectivity index is 1.52. The number of hydrogen-bond acceptors (Lipinski definition) is 6. The Morgan fingerprint density at radius 2 is 1.73 bits per heavy atom. The molecule has 0 saturated carbocycles. The molecule has 3 N–H and O–H groups in total. The smallest absolute Gasteiger partial charge is 0.255 e. The molecule has 3 aromatic carbocycles. The number of amides is 1. The molecule has 7 nitrogen and oxygen atoms in total. The minimum absolute atomic E-state index is 0.0228. The molecule has 0 aliphatic carbocycles. The lowest BCUT2D eigenvalue weighted by molar-refractivity contribution is 0.0666. The van der Waals surface area contributed by atoms with E-state index in [1.165, 1.54) is 0 Å². The number of ether oxygens (including phenoxy) is 1. The minimum Gasteiger partial charge on any atom is -0.456 e. The van der Waals surface area contributed by atoms with Gasteiger partial charge in [0.2, 0.25) is 0 Å². The summed E-state index contributed by atoms with van der Waals surface area (Å²) in [7, 11) is 0. The monoisotopic (exact) mass is 535 g/mol. The molecule has 3 heterocycles. The summed E-state index contributed by atoms with van der Waals surface area (Å²) < 4.78 is 6.68. The molecule has 1 spiro atoms. The molecular formula is C33H37N5O2. The summed E-state index contributed by atoms with van der Waals surface area (Å²) in [4.78, 5) is 18.6. The summed E-state index contributed by atoms with van der Waals surface area (Å²) in [6.45, 7) is 10.2. The van der Waals surface area contributed by atoms with Crippen molar-refractivity contribution in [3.63, 3.8) is 0 Å². The van der Waals surface area contributed by atoms with Crippen LogP contribution in [0.4, 0.5) is 11.4 Å². The van der Waals surface area contributed by atoms with Gasteiger partial charge in [0.05, 0.1) is 6.17 Å². The summed E-state index contributed by atoms with van der Waals surface area (Å²) in [5, 5.41) is 10.3. The van der Waals surface area contributed by atoms with Crippen molar-refractivity contribution in [1.29, 1.82) is 0 Å². The number of nitrogens with zero attached hydrogens (tertiary/aromatic N) is 2. The molecule has 0 saturated heterocycles. The number of dihydropyridines is 1. The third-order valence-electron chi connectivity index (χ3n) is 8.14. The molecule has 0 aromatic heterocycles. The third kappa shape index (κ3) is 4.12. The quantitative estimate of drug-likeness (QED) is 0.341. The summed E-state index contributed by atoms with van der Waals surface area (Å²) in [6.07, 6.45) is 8.02. The van der Waals surface area contributed by atoms with Gasteiger partial charge in [-0.1, -0.05) is 36.4 Å². The van der Waals surface area contributed by atoms with Gasteiger partial charge < -0.3 is 25.2 Å². The summed E-state index contributed by atoms with van der Waals surface area (Å²) in [6, 6.07) is 20.8. The van der Waals surface area contributed by atoms with E-state index >= 15 is 0 Å². The van der Waals surface area contributed by atoms with Crippen molar-refractivity contribution in [2.45, 2.75) is 32.5 Å². The van der Waals surface area contributed by atoms with E-state index in [1.54, 1.807) is 0 Å². The zero-order valence-electron chi connectivity index (χ0n) is 23.4. The molecule has 0 bridgehead atoms. The van der Waals surface area contributed by atoms with E-state index in [2.05, 4.69) is 90.2 Å². The Labute approximate surface area is 236 Å². The van der Waals surface area contributed by atoms with Crippen LogP contribution >= 0.6 is 0 Å². The predicted octanol–water partition coefficient (Wildman–Crippen LogP) is 5.41. The van der Waals surface area contributed by atoms with Gasteiger partial charge in [-0.3, -0.25) is 10.1 Å². The van der Waals surface area contributed by atoms with Crippen molar-refractivity contribution in [1.82, 2.24) is 15.5 Å². The number of rotatable bonds is 9. The fourth-order valence-electron chi connectivity index (χ4n) is 6.35. The van der Waals surface area contributed by atoms with Crippen molar-refractivity contribution in [3.8, 4) is 11.5 Å². The van der Waals surface area contributed by atoms with Crippen LogP contribution in [0.2, 0.25) is 0 Å². The first-order valence-corrected chi connectivity index (χ1v) is 14.3. The van der Waals surface area contributed by atoms with Gasteiger partial charge in [0.1, 0.15) is 17.0 Å². The Bertz CT molecular complexity index is 1480. The number of carbonyl (C=O) groups excluding carboxylic acids is 1. The van der Waals surface area contributed by atoms with Gasteiger partial charge in [-0.15, -0.1) is 0 Å². The number of fused-ring (bicyclic) bond motifs is 6. The van der Waals surface area contributed by atoms with Crippen LogP contribution < -0.4 is 25.6 Å². The lowest BCUT2D eigenvalue weighted by Crippen LogP contribution is -2.51. The normalized spacial score (nSPS) is 20.0. The lowest BCUT2D eigenvalue weighted by atomic mass is 9.74. The molecular weight excluding hydrogens is 498 g/mol. The number of anilines is 2. The molecule has 3 aliphatic rings. The number of nitrogens with one attached hydrogen (secondary N) is 3. The first kappa shape index (κ1) is 26.0. The van der Waals surface area contributed by atoms with Gasteiger partial charge in [0.15, 0.2) is 0 Å². The second-order valence-corrected chi connectivity index (χ2v) is 10.3. The van der Waals surface area contributed by atoms with E-state index < -0.39 is 5.54 Å². The number of carbonyl (C=O) groups is 1. The van der Waals surface area contributed by atoms with Crippen LogP contribution in [0.1, 0.15) is 47.8 Å². The Morgan fingerprint density at radius 3 is 2.48 bits per heavy atom. The first-order valence-electron chi connectivity index (χ1n) is 14.3. The number of benzene rings is 3. The number of hydrogen-bond donors (Lipinski definition) is 3. The highest BCUT2D eigenvalue weighted by Gasteiger charge is 2.56. The van der Waals surface area contributed by atoms with Crippen LogP contribution in [0, 0.1) is 0 Å². The van der Waals surface area contributed by atoms with Crippen molar-refractivity contribution < 1.29 is 9.53 Å². The molecule has 206 valence electrons. The van der Waals surface area contributed by atoms with Crippen LogP contribution in [0.5, 0.6) is 11.5 Å². The summed E-state index contributed by atoms with van der Waals surface area (Å²) in [5.41, 5.74) is 5.01. The predicted molar refractivity (Wildman–Crippen MR) is 161 cm³/mol. The van der Waals surface area contributed by atoms with Gasteiger partial charge in [-0.05, 0) is 62.9 Å². The average molecular weight is 536 g/mol. The minimum atomic E-state index is -0.805. The molecule has 2 unspecified atom stereocenters. The zero-order chi connectivity index (χ0) is 27.7. The maximum atomic E-state index is 14.2. The largest absolute Gasteiger partial charge is 0.456 e. The van der Waals surface area contributed by atoms with Crippen molar-refractivity contribution in [2.75, 3.05) is 42.9 Å². The standard InChI is InChI=1S/C33H37N5O2/c1-4-34-23-14-16-27-29(21-23)40-30-22-24(37(5-2)6-3)15-17-28(30)33(27)26-12-8-7-11-25(26)32(39)38(33)20-19-36-31-13-9-10-18-35-31/h7-18,21-22,31,34-36H,4-6,19-20H2,1-3H3. The van der Waals surface area contributed by atoms with Crippen LogP contribution in [-0.2, 0) is 5.54 Å².